The van der Waals surface area contributed by atoms with Crippen molar-refractivity contribution in [2.24, 2.45) is 0 Å². The first-order valence-electron chi connectivity index (χ1n) is 7.69. The number of hydrogen-bond donors (Lipinski definition) is 1. The van der Waals surface area contributed by atoms with Crippen molar-refractivity contribution in [2.45, 2.75) is 6.92 Å². The summed E-state index contributed by atoms with van der Waals surface area (Å²) in [5.74, 6) is -0.318. The monoisotopic (exact) mass is 340 g/mol. The van der Waals surface area contributed by atoms with Gasteiger partial charge in [-0.1, -0.05) is 0 Å². The highest BCUT2D eigenvalue weighted by molar-refractivity contribution is 5.96. The number of amides is 1. The molecule has 1 aromatic heterocycles. The van der Waals surface area contributed by atoms with Gasteiger partial charge in [0.1, 0.15) is 11.3 Å². The Morgan fingerprint density at radius 3 is 2.72 bits per heavy atom. The van der Waals surface area contributed by atoms with Gasteiger partial charge in [0.05, 0.1) is 12.2 Å². The number of aromatic nitrogens is 1. The molecule has 7 nitrogen and oxygen atoms in total. The molecule has 0 fully saturated rings. The summed E-state index contributed by atoms with van der Waals surface area (Å²) in [6.45, 7) is 2.08. The van der Waals surface area contributed by atoms with E-state index in [0.717, 1.165) is 5.75 Å². The molecule has 7 heteroatoms. The topological polar surface area (TPSA) is 90.7 Å². The van der Waals surface area contributed by atoms with E-state index in [0.29, 0.717) is 29.0 Å². The van der Waals surface area contributed by atoms with E-state index in [1.54, 1.807) is 42.5 Å². The quantitative estimate of drug-likeness (QED) is 0.694. The van der Waals surface area contributed by atoms with Crippen molar-refractivity contribution in [2.75, 3.05) is 18.5 Å². The molecular weight excluding hydrogens is 324 g/mol. The molecule has 1 amide bonds. The van der Waals surface area contributed by atoms with Crippen LogP contribution in [0.4, 0.5) is 5.69 Å². The number of ether oxygens (including phenoxy) is 2. The number of fused-ring (bicyclic) bond motifs is 1. The van der Waals surface area contributed by atoms with Gasteiger partial charge in [0.15, 0.2) is 18.6 Å². The summed E-state index contributed by atoms with van der Waals surface area (Å²) in [6, 6.07) is 11.6. The summed E-state index contributed by atoms with van der Waals surface area (Å²) < 4.78 is 15.4. The van der Waals surface area contributed by atoms with E-state index in [4.69, 9.17) is 13.9 Å². The molecule has 0 saturated heterocycles. The molecule has 1 heterocycles. The maximum atomic E-state index is 12.0. The van der Waals surface area contributed by atoms with Crippen LogP contribution in [0.15, 0.2) is 53.3 Å². The van der Waals surface area contributed by atoms with E-state index in [1.807, 2.05) is 6.92 Å². The van der Waals surface area contributed by atoms with Crippen molar-refractivity contribution in [3.05, 3.63) is 54.4 Å². The van der Waals surface area contributed by atoms with Crippen LogP contribution in [0.25, 0.3) is 11.1 Å². The second-order valence-corrected chi connectivity index (χ2v) is 5.12. The highest BCUT2D eigenvalue weighted by Gasteiger charge is 2.12. The standard InChI is InChI=1S/C18H16N2O5/c1-2-23-14-6-4-13(5-7-14)20-17(21)10-24-18(22)12-3-8-16-15(9-12)19-11-25-16/h3-9,11H,2,10H2,1H3,(H,20,21). The number of esters is 1. The van der Waals surface area contributed by atoms with Crippen LogP contribution in [0, 0.1) is 0 Å². The summed E-state index contributed by atoms with van der Waals surface area (Å²) in [5, 5.41) is 2.64. The first-order chi connectivity index (χ1) is 12.2. The Bertz CT molecular complexity index is 886. The summed E-state index contributed by atoms with van der Waals surface area (Å²) in [7, 11) is 0. The van der Waals surface area contributed by atoms with Crippen LogP contribution < -0.4 is 10.1 Å². The largest absolute Gasteiger partial charge is 0.494 e. The molecular formula is C18H16N2O5. The fourth-order valence-corrected chi connectivity index (χ4v) is 2.20. The zero-order valence-corrected chi connectivity index (χ0v) is 13.5. The Labute approximate surface area is 143 Å². The van der Waals surface area contributed by atoms with Crippen molar-refractivity contribution in [3.63, 3.8) is 0 Å². The number of oxazole rings is 1. The lowest BCUT2D eigenvalue weighted by molar-refractivity contribution is -0.119. The minimum absolute atomic E-state index is 0.301. The molecule has 2 aromatic carbocycles. The fraction of sp³-hybridized carbons (Fsp3) is 0.167. The predicted molar refractivity (Wildman–Crippen MR) is 90.5 cm³/mol. The van der Waals surface area contributed by atoms with Gasteiger partial charge in [0.25, 0.3) is 5.91 Å². The number of nitrogens with one attached hydrogen (secondary N) is 1. The molecule has 0 radical (unpaired) electrons. The summed E-state index contributed by atoms with van der Waals surface area (Å²) in [6.07, 6.45) is 1.30. The van der Waals surface area contributed by atoms with Gasteiger partial charge in [-0.2, -0.15) is 0 Å². The molecule has 0 saturated carbocycles. The van der Waals surface area contributed by atoms with E-state index in [9.17, 15) is 9.59 Å². The Balaban J connectivity index is 1.53. The maximum absolute atomic E-state index is 12.0. The number of benzene rings is 2. The van der Waals surface area contributed by atoms with Crippen molar-refractivity contribution < 1.29 is 23.5 Å². The molecule has 0 unspecified atom stereocenters. The van der Waals surface area contributed by atoms with Crippen molar-refractivity contribution >= 4 is 28.7 Å². The van der Waals surface area contributed by atoms with Crippen LogP contribution in [0.2, 0.25) is 0 Å². The minimum atomic E-state index is -0.605. The average Bonchev–Trinajstić information content (AvgIpc) is 3.09. The van der Waals surface area contributed by atoms with Gasteiger partial charge < -0.3 is 19.2 Å². The zero-order chi connectivity index (χ0) is 17.6. The molecule has 0 aliphatic carbocycles. The van der Waals surface area contributed by atoms with Crippen LogP contribution in [0.3, 0.4) is 0 Å². The van der Waals surface area contributed by atoms with Gasteiger partial charge in [-0.05, 0) is 49.4 Å². The van der Waals surface area contributed by atoms with Crippen molar-refractivity contribution in [3.8, 4) is 5.75 Å². The van der Waals surface area contributed by atoms with Gasteiger partial charge in [-0.25, -0.2) is 9.78 Å². The lowest BCUT2D eigenvalue weighted by atomic mass is 10.2. The molecule has 1 N–H and O–H groups in total. The molecule has 0 aliphatic heterocycles. The number of hydrogen-bond acceptors (Lipinski definition) is 6. The number of rotatable bonds is 6. The van der Waals surface area contributed by atoms with E-state index in [2.05, 4.69) is 10.3 Å². The minimum Gasteiger partial charge on any atom is -0.494 e. The third-order valence-electron chi connectivity index (χ3n) is 3.35. The van der Waals surface area contributed by atoms with Gasteiger partial charge >= 0.3 is 5.97 Å². The smallest absolute Gasteiger partial charge is 0.338 e. The van der Waals surface area contributed by atoms with E-state index in [1.165, 1.54) is 6.39 Å². The summed E-state index contributed by atoms with van der Waals surface area (Å²) >= 11 is 0. The number of nitrogens with zero attached hydrogens (tertiary/aromatic N) is 1. The Morgan fingerprint density at radius 2 is 1.96 bits per heavy atom. The second kappa shape index (κ2) is 7.48. The number of carbonyl (C=O) groups is 2. The normalized spacial score (nSPS) is 10.4. The SMILES string of the molecule is CCOc1ccc(NC(=O)COC(=O)c2ccc3ocnc3c2)cc1. The lowest BCUT2D eigenvalue weighted by Crippen LogP contribution is -2.20. The number of anilines is 1. The molecule has 128 valence electrons. The fourth-order valence-electron chi connectivity index (χ4n) is 2.20. The predicted octanol–water partition coefficient (Wildman–Crippen LogP) is 3.02. The van der Waals surface area contributed by atoms with E-state index in [-0.39, 0.29) is 6.61 Å². The lowest BCUT2D eigenvalue weighted by Gasteiger charge is -2.08. The van der Waals surface area contributed by atoms with Crippen LogP contribution in [-0.2, 0) is 9.53 Å². The third-order valence-corrected chi connectivity index (χ3v) is 3.35. The first-order valence-corrected chi connectivity index (χ1v) is 7.69. The summed E-state index contributed by atoms with van der Waals surface area (Å²) in [5.41, 5.74) is 2.02. The van der Waals surface area contributed by atoms with Gasteiger partial charge in [-0.15, -0.1) is 0 Å². The molecule has 0 spiro atoms. The van der Waals surface area contributed by atoms with E-state index >= 15 is 0 Å². The van der Waals surface area contributed by atoms with Gasteiger partial charge in [0.2, 0.25) is 0 Å². The molecule has 3 rings (SSSR count). The molecule has 25 heavy (non-hydrogen) atoms. The highest BCUT2D eigenvalue weighted by atomic mass is 16.5. The van der Waals surface area contributed by atoms with Gasteiger partial charge in [-0.3, -0.25) is 4.79 Å². The van der Waals surface area contributed by atoms with Crippen LogP contribution in [-0.4, -0.2) is 30.1 Å². The Morgan fingerprint density at radius 1 is 1.16 bits per heavy atom. The average molecular weight is 340 g/mol. The third kappa shape index (κ3) is 4.14. The number of carbonyl (C=O) groups excluding carboxylic acids is 2. The van der Waals surface area contributed by atoms with Crippen molar-refractivity contribution in [1.29, 1.82) is 0 Å². The molecule has 0 bridgehead atoms. The maximum Gasteiger partial charge on any atom is 0.338 e. The molecule has 0 atom stereocenters. The van der Waals surface area contributed by atoms with Crippen LogP contribution in [0.5, 0.6) is 5.75 Å². The van der Waals surface area contributed by atoms with E-state index < -0.39 is 11.9 Å². The van der Waals surface area contributed by atoms with Gasteiger partial charge in [0, 0.05) is 5.69 Å². The van der Waals surface area contributed by atoms with Crippen LogP contribution >= 0.6 is 0 Å². The summed E-state index contributed by atoms with van der Waals surface area (Å²) in [4.78, 5) is 27.9. The Kier molecular flexibility index (Phi) is 4.94. The Hall–Kier alpha value is -3.35. The molecule has 0 aliphatic rings. The first kappa shape index (κ1) is 16.5. The highest BCUT2D eigenvalue weighted by Crippen LogP contribution is 2.16. The van der Waals surface area contributed by atoms with Crippen molar-refractivity contribution in [1.82, 2.24) is 4.98 Å². The van der Waals surface area contributed by atoms with Crippen LogP contribution in [0.1, 0.15) is 17.3 Å². The zero-order valence-electron chi connectivity index (χ0n) is 13.5. The molecule has 3 aromatic rings. The second-order valence-electron chi connectivity index (χ2n) is 5.12.